The summed E-state index contributed by atoms with van der Waals surface area (Å²) < 4.78 is 5.79. The molecule has 0 aliphatic rings. The molecule has 3 aromatic rings. The Morgan fingerprint density at radius 1 is 0.759 bits per heavy atom. The van der Waals surface area contributed by atoms with Gasteiger partial charge in [-0.25, -0.2) is 0 Å². The number of ether oxygens (including phenoxy) is 1. The van der Waals surface area contributed by atoms with Crippen LogP contribution in [0.2, 0.25) is 0 Å². The van der Waals surface area contributed by atoms with Crippen molar-refractivity contribution >= 4 is 23.2 Å². The van der Waals surface area contributed by atoms with E-state index in [1.165, 1.54) is 6.92 Å². The molecule has 2 amide bonds. The normalized spacial score (nSPS) is 10.3. The predicted octanol–water partition coefficient (Wildman–Crippen LogP) is 4.88. The number of carbonyl (C=O) groups is 2. The second-order valence-electron chi connectivity index (χ2n) is 6.62. The van der Waals surface area contributed by atoms with Crippen molar-refractivity contribution < 1.29 is 14.3 Å². The van der Waals surface area contributed by atoms with E-state index >= 15 is 0 Å². The Bertz CT molecular complexity index is 941. The van der Waals surface area contributed by atoms with E-state index in [0.29, 0.717) is 12.3 Å². The Labute approximate surface area is 171 Å². The molecule has 0 heterocycles. The van der Waals surface area contributed by atoms with Crippen LogP contribution in [-0.4, -0.2) is 25.4 Å². The monoisotopic (exact) mass is 388 g/mol. The Kier molecular flexibility index (Phi) is 6.63. The molecule has 0 atom stereocenters. The van der Waals surface area contributed by atoms with Gasteiger partial charge in [-0.3, -0.25) is 9.59 Å². The zero-order valence-corrected chi connectivity index (χ0v) is 16.6. The number of rotatable bonds is 7. The number of hydrogen-bond acceptors (Lipinski definition) is 3. The fourth-order valence-corrected chi connectivity index (χ4v) is 2.96. The molecule has 5 heteroatoms. The van der Waals surface area contributed by atoms with Crippen LogP contribution in [0, 0.1) is 0 Å². The fourth-order valence-electron chi connectivity index (χ4n) is 2.96. The molecule has 29 heavy (non-hydrogen) atoms. The zero-order valence-electron chi connectivity index (χ0n) is 16.6. The molecular weight excluding hydrogens is 364 g/mol. The number of anilines is 2. The summed E-state index contributed by atoms with van der Waals surface area (Å²) in [5, 5.41) is 0. The van der Waals surface area contributed by atoms with Crippen LogP contribution in [0.1, 0.15) is 13.3 Å². The molecule has 0 aliphatic heterocycles. The summed E-state index contributed by atoms with van der Waals surface area (Å²) in [4.78, 5) is 27.9. The van der Waals surface area contributed by atoms with Gasteiger partial charge in [0.05, 0.1) is 0 Å². The molecule has 0 unspecified atom stereocenters. The van der Waals surface area contributed by atoms with Gasteiger partial charge in [-0.15, -0.1) is 0 Å². The number of para-hydroxylation sites is 2. The molecule has 0 aliphatic carbocycles. The molecule has 0 fully saturated rings. The third kappa shape index (κ3) is 5.45. The van der Waals surface area contributed by atoms with Crippen molar-refractivity contribution in [2.45, 2.75) is 13.3 Å². The van der Waals surface area contributed by atoms with Gasteiger partial charge in [0.25, 0.3) is 0 Å². The Morgan fingerprint density at radius 3 is 1.90 bits per heavy atom. The highest BCUT2D eigenvalue weighted by Gasteiger charge is 2.16. The minimum atomic E-state index is -0.114. The molecule has 3 rings (SSSR count). The lowest BCUT2D eigenvalue weighted by atomic mass is 10.2. The Morgan fingerprint density at radius 2 is 1.31 bits per heavy atom. The maximum absolute atomic E-state index is 12.5. The van der Waals surface area contributed by atoms with Crippen molar-refractivity contribution in [1.82, 2.24) is 0 Å². The van der Waals surface area contributed by atoms with Gasteiger partial charge in [-0.05, 0) is 48.5 Å². The summed E-state index contributed by atoms with van der Waals surface area (Å²) in [5.74, 6) is 1.27. The van der Waals surface area contributed by atoms with E-state index in [2.05, 4.69) is 0 Å². The number of hydrogen-bond donors (Lipinski definition) is 0. The second-order valence-corrected chi connectivity index (χ2v) is 6.62. The van der Waals surface area contributed by atoms with Gasteiger partial charge >= 0.3 is 0 Å². The van der Waals surface area contributed by atoms with E-state index in [1.54, 1.807) is 16.8 Å². The minimum absolute atomic E-state index is 0.0496. The van der Waals surface area contributed by atoms with Crippen LogP contribution in [0.4, 0.5) is 11.4 Å². The summed E-state index contributed by atoms with van der Waals surface area (Å²) in [7, 11) is 1.74. The molecule has 0 spiro atoms. The van der Waals surface area contributed by atoms with Crippen LogP contribution in [-0.2, 0) is 9.59 Å². The first-order valence-electron chi connectivity index (χ1n) is 9.47. The molecule has 0 N–H and O–H groups in total. The first-order valence-corrected chi connectivity index (χ1v) is 9.47. The van der Waals surface area contributed by atoms with Crippen molar-refractivity contribution in [3.8, 4) is 11.5 Å². The van der Waals surface area contributed by atoms with E-state index in [-0.39, 0.29) is 18.2 Å². The summed E-state index contributed by atoms with van der Waals surface area (Å²) >= 11 is 0. The van der Waals surface area contributed by atoms with Crippen molar-refractivity contribution in [1.29, 1.82) is 0 Å². The van der Waals surface area contributed by atoms with Crippen LogP contribution < -0.4 is 14.5 Å². The molecule has 5 nitrogen and oxygen atoms in total. The van der Waals surface area contributed by atoms with E-state index in [4.69, 9.17) is 4.74 Å². The summed E-state index contributed by atoms with van der Waals surface area (Å²) in [5.41, 5.74) is 1.56. The molecule has 3 aromatic carbocycles. The minimum Gasteiger partial charge on any atom is -0.457 e. The SMILES string of the molecule is CC(=O)N(CCC(=O)N(C)c1ccccc1)c1ccc(Oc2ccccc2)cc1. The standard InChI is InChI=1S/C24H24N2O3/c1-19(27)26(18-17-24(28)25(2)20-9-5-3-6-10-20)21-13-15-23(16-14-21)29-22-11-7-4-8-12-22/h3-16H,17-18H2,1-2H3. The molecule has 0 radical (unpaired) electrons. The average molecular weight is 388 g/mol. The van der Waals surface area contributed by atoms with Crippen LogP contribution in [0.3, 0.4) is 0 Å². The van der Waals surface area contributed by atoms with E-state index in [0.717, 1.165) is 17.1 Å². The zero-order chi connectivity index (χ0) is 20.6. The number of benzene rings is 3. The first-order chi connectivity index (χ1) is 14.0. The quantitative estimate of drug-likeness (QED) is 0.579. The van der Waals surface area contributed by atoms with Crippen molar-refractivity contribution in [2.24, 2.45) is 0 Å². The third-order valence-electron chi connectivity index (χ3n) is 4.57. The molecule has 0 saturated heterocycles. The third-order valence-corrected chi connectivity index (χ3v) is 4.57. The topological polar surface area (TPSA) is 49.9 Å². The van der Waals surface area contributed by atoms with E-state index < -0.39 is 0 Å². The lowest BCUT2D eigenvalue weighted by Crippen LogP contribution is -2.34. The summed E-state index contributed by atoms with van der Waals surface area (Å²) in [6.07, 6.45) is 0.229. The van der Waals surface area contributed by atoms with Crippen molar-refractivity contribution in [3.05, 3.63) is 84.9 Å². The van der Waals surface area contributed by atoms with Gasteiger partial charge < -0.3 is 14.5 Å². The average Bonchev–Trinajstić information content (AvgIpc) is 2.75. The smallest absolute Gasteiger partial charge is 0.228 e. The van der Waals surface area contributed by atoms with Crippen LogP contribution in [0.25, 0.3) is 0 Å². The van der Waals surface area contributed by atoms with Gasteiger partial charge in [-0.2, -0.15) is 0 Å². The number of carbonyl (C=O) groups excluding carboxylic acids is 2. The largest absolute Gasteiger partial charge is 0.457 e. The highest BCUT2D eigenvalue weighted by Crippen LogP contribution is 2.25. The molecular formula is C24H24N2O3. The highest BCUT2D eigenvalue weighted by atomic mass is 16.5. The lowest BCUT2D eigenvalue weighted by Gasteiger charge is -2.23. The summed E-state index contributed by atoms with van der Waals surface area (Å²) in [6.45, 7) is 1.81. The number of amides is 2. The van der Waals surface area contributed by atoms with Crippen LogP contribution in [0.15, 0.2) is 84.9 Å². The highest BCUT2D eigenvalue weighted by molar-refractivity contribution is 5.95. The fraction of sp³-hybridized carbons (Fsp3) is 0.167. The maximum Gasteiger partial charge on any atom is 0.228 e. The Balaban J connectivity index is 1.63. The number of nitrogens with zero attached hydrogens (tertiary/aromatic N) is 2. The first kappa shape index (κ1) is 20.1. The van der Waals surface area contributed by atoms with E-state index in [9.17, 15) is 9.59 Å². The Hall–Kier alpha value is -3.60. The van der Waals surface area contributed by atoms with Gasteiger partial charge in [0.1, 0.15) is 11.5 Å². The molecule has 0 saturated carbocycles. The van der Waals surface area contributed by atoms with Gasteiger partial charge in [0.15, 0.2) is 0 Å². The van der Waals surface area contributed by atoms with Gasteiger partial charge in [0.2, 0.25) is 11.8 Å². The maximum atomic E-state index is 12.5. The predicted molar refractivity (Wildman–Crippen MR) is 115 cm³/mol. The van der Waals surface area contributed by atoms with Gasteiger partial charge in [0, 0.05) is 38.3 Å². The summed E-state index contributed by atoms with van der Waals surface area (Å²) in [6, 6.07) is 26.2. The van der Waals surface area contributed by atoms with Crippen molar-refractivity contribution in [3.63, 3.8) is 0 Å². The van der Waals surface area contributed by atoms with Crippen molar-refractivity contribution in [2.75, 3.05) is 23.4 Å². The van der Waals surface area contributed by atoms with E-state index in [1.807, 2.05) is 84.9 Å². The van der Waals surface area contributed by atoms with Crippen LogP contribution in [0.5, 0.6) is 11.5 Å². The van der Waals surface area contributed by atoms with Gasteiger partial charge in [-0.1, -0.05) is 36.4 Å². The second kappa shape index (κ2) is 9.55. The molecule has 148 valence electrons. The van der Waals surface area contributed by atoms with Crippen LogP contribution >= 0.6 is 0 Å². The molecule has 0 bridgehead atoms. The lowest BCUT2D eigenvalue weighted by molar-refractivity contribution is -0.118. The molecule has 0 aromatic heterocycles.